The van der Waals surface area contributed by atoms with E-state index >= 15 is 0 Å². The van der Waals surface area contributed by atoms with Gasteiger partial charge in [-0.05, 0) is 31.5 Å². The predicted molar refractivity (Wildman–Crippen MR) is 100 cm³/mol. The number of benzene rings is 1. The van der Waals surface area contributed by atoms with Crippen LogP contribution < -0.4 is 5.32 Å². The maximum Gasteiger partial charge on any atom is 0.341 e. The fourth-order valence-corrected chi connectivity index (χ4v) is 4.05. The first-order valence-electron chi connectivity index (χ1n) is 8.46. The second-order valence-electron chi connectivity index (χ2n) is 6.10. The lowest BCUT2D eigenvalue weighted by atomic mass is 10.0. The van der Waals surface area contributed by atoms with E-state index in [2.05, 4.69) is 10.2 Å². The zero-order chi connectivity index (χ0) is 17.6. The fourth-order valence-electron chi connectivity index (χ4n) is 3.07. The van der Waals surface area contributed by atoms with Crippen molar-refractivity contribution in [3.63, 3.8) is 0 Å². The molecule has 2 aromatic rings. The molecule has 1 aliphatic rings. The molecule has 132 valence electrons. The van der Waals surface area contributed by atoms with Crippen LogP contribution in [0.2, 0.25) is 0 Å². The molecule has 0 saturated carbocycles. The number of likely N-dealkylation sites (tertiary alicyclic amines) is 1. The highest BCUT2D eigenvalue weighted by Crippen LogP contribution is 2.36. The van der Waals surface area contributed by atoms with E-state index in [0.29, 0.717) is 17.1 Å². The maximum atomic E-state index is 12.4. The number of anilines is 1. The summed E-state index contributed by atoms with van der Waals surface area (Å²) in [4.78, 5) is 26.8. The summed E-state index contributed by atoms with van der Waals surface area (Å²) in [6.45, 7) is 2.27. The Labute approximate surface area is 151 Å². The van der Waals surface area contributed by atoms with Crippen LogP contribution in [0.5, 0.6) is 0 Å². The number of methoxy groups -OCH3 is 1. The third-order valence-corrected chi connectivity index (χ3v) is 5.23. The number of amides is 1. The quantitative estimate of drug-likeness (QED) is 0.829. The lowest BCUT2D eigenvalue weighted by Crippen LogP contribution is -2.36. The van der Waals surface area contributed by atoms with E-state index in [9.17, 15) is 9.59 Å². The number of nitrogens with zero attached hydrogens (tertiary/aromatic N) is 1. The molecule has 25 heavy (non-hydrogen) atoms. The summed E-state index contributed by atoms with van der Waals surface area (Å²) >= 11 is 1.35. The van der Waals surface area contributed by atoms with Gasteiger partial charge < -0.3 is 10.1 Å². The molecule has 0 unspecified atom stereocenters. The molecular weight excluding hydrogens is 336 g/mol. The van der Waals surface area contributed by atoms with Gasteiger partial charge in [-0.3, -0.25) is 9.69 Å². The Kier molecular flexibility index (Phi) is 5.83. The van der Waals surface area contributed by atoms with Crippen molar-refractivity contribution in [2.45, 2.75) is 19.3 Å². The Morgan fingerprint density at radius 1 is 1.16 bits per heavy atom. The second-order valence-corrected chi connectivity index (χ2v) is 6.98. The average molecular weight is 358 g/mol. The zero-order valence-corrected chi connectivity index (χ0v) is 15.1. The van der Waals surface area contributed by atoms with E-state index in [0.717, 1.165) is 37.1 Å². The van der Waals surface area contributed by atoms with Crippen molar-refractivity contribution < 1.29 is 14.3 Å². The summed E-state index contributed by atoms with van der Waals surface area (Å²) in [5.41, 5.74) is 2.13. The van der Waals surface area contributed by atoms with Gasteiger partial charge in [0.25, 0.3) is 0 Å². The van der Waals surface area contributed by atoms with Crippen LogP contribution >= 0.6 is 11.3 Å². The molecule has 1 aliphatic heterocycles. The topological polar surface area (TPSA) is 58.6 Å². The summed E-state index contributed by atoms with van der Waals surface area (Å²) in [6.07, 6.45) is 3.51. The fraction of sp³-hybridized carbons (Fsp3) is 0.368. The molecule has 0 aliphatic carbocycles. The zero-order valence-electron chi connectivity index (χ0n) is 14.3. The van der Waals surface area contributed by atoms with Crippen molar-refractivity contribution in [2.75, 3.05) is 32.1 Å². The van der Waals surface area contributed by atoms with E-state index in [1.165, 1.54) is 24.9 Å². The van der Waals surface area contributed by atoms with Gasteiger partial charge in [0.1, 0.15) is 10.6 Å². The van der Waals surface area contributed by atoms with Crippen molar-refractivity contribution in [2.24, 2.45) is 0 Å². The Balaban J connectivity index is 1.80. The molecule has 6 heteroatoms. The average Bonchev–Trinajstić information content (AvgIpc) is 3.06. The maximum absolute atomic E-state index is 12.4. The summed E-state index contributed by atoms with van der Waals surface area (Å²) in [5, 5.41) is 5.34. The van der Waals surface area contributed by atoms with Gasteiger partial charge in [0.2, 0.25) is 5.91 Å². The number of hydrogen-bond acceptors (Lipinski definition) is 5. The Morgan fingerprint density at radius 3 is 2.56 bits per heavy atom. The van der Waals surface area contributed by atoms with Crippen molar-refractivity contribution >= 4 is 28.2 Å². The van der Waals surface area contributed by atoms with Gasteiger partial charge in [0.05, 0.1) is 13.7 Å². The van der Waals surface area contributed by atoms with Crippen LogP contribution in [-0.2, 0) is 9.53 Å². The number of carbonyl (C=O) groups is 2. The van der Waals surface area contributed by atoms with Crippen LogP contribution in [0.1, 0.15) is 29.6 Å². The minimum atomic E-state index is -0.437. The third-order valence-electron chi connectivity index (χ3n) is 4.33. The normalized spacial score (nSPS) is 14.9. The number of thiophene rings is 1. The number of esters is 1. The van der Waals surface area contributed by atoms with Crippen molar-refractivity contribution in [1.82, 2.24) is 4.90 Å². The first-order valence-corrected chi connectivity index (χ1v) is 9.34. The summed E-state index contributed by atoms with van der Waals surface area (Å²) < 4.78 is 4.93. The largest absolute Gasteiger partial charge is 0.465 e. The van der Waals surface area contributed by atoms with Crippen LogP contribution in [0.3, 0.4) is 0 Å². The van der Waals surface area contributed by atoms with Crippen molar-refractivity contribution in [1.29, 1.82) is 0 Å². The highest BCUT2D eigenvalue weighted by Gasteiger charge is 2.23. The molecule has 1 aromatic carbocycles. The van der Waals surface area contributed by atoms with E-state index in [1.54, 1.807) is 0 Å². The van der Waals surface area contributed by atoms with Crippen LogP contribution in [0.4, 0.5) is 5.00 Å². The van der Waals surface area contributed by atoms with Gasteiger partial charge in [-0.25, -0.2) is 4.79 Å². The number of nitrogens with one attached hydrogen (secondary N) is 1. The van der Waals surface area contributed by atoms with Crippen molar-refractivity contribution in [3.8, 4) is 11.1 Å². The lowest BCUT2D eigenvalue weighted by Gasteiger charge is -2.25. The second kappa shape index (κ2) is 8.27. The molecule has 0 atom stereocenters. The van der Waals surface area contributed by atoms with E-state index < -0.39 is 5.97 Å². The molecule has 1 aromatic heterocycles. The number of hydrogen-bond donors (Lipinski definition) is 1. The van der Waals surface area contributed by atoms with Crippen LogP contribution in [-0.4, -0.2) is 43.5 Å². The smallest absolute Gasteiger partial charge is 0.341 e. The molecule has 0 spiro atoms. The molecule has 1 fully saturated rings. The first kappa shape index (κ1) is 17.6. The highest BCUT2D eigenvalue weighted by atomic mass is 32.1. The lowest BCUT2D eigenvalue weighted by molar-refractivity contribution is -0.117. The van der Waals surface area contributed by atoms with Gasteiger partial charge in [-0.2, -0.15) is 0 Å². The van der Waals surface area contributed by atoms with Gasteiger partial charge in [-0.15, -0.1) is 11.3 Å². The van der Waals surface area contributed by atoms with Crippen LogP contribution in [0.25, 0.3) is 11.1 Å². The molecule has 3 rings (SSSR count). The summed E-state index contributed by atoms with van der Waals surface area (Å²) in [7, 11) is 1.36. The number of carbonyl (C=O) groups excluding carboxylic acids is 2. The van der Waals surface area contributed by atoms with Crippen LogP contribution in [0.15, 0.2) is 35.7 Å². The standard InChI is InChI=1S/C19H22N2O3S/c1-24-19(23)17-15(14-8-4-2-5-9-14)13-25-18(17)20-16(22)12-21-10-6-3-7-11-21/h2,4-5,8-9,13H,3,6-7,10-12H2,1H3,(H,20,22). The highest BCUT2D eigenvalue weighted by molar-refractivity contribution is 7.15. The molecule has 0 radical (unpaired) electrons. The SMILES string of the molecule is COC(=O)c1c(-c2ccccc2)csc1NC(=O)CN1CCCCC1. The third kappa shape index (κ3) is 4.27. The van der Waals surface area contributed by atoms with Gasteiger partial charge in [-0.1, -0.05) is 36.8 Å². The first-order chi connectivity index (χ1) is 12.2. The molecular formula is C19H22N2O3S. The molecule has 5 nitrogen and oxygen atoms in total. The Bertz CT molecular complexity index is 736. The molecule has 1 saturated heterocycles. The predicted octanol–water partition coefficient (Wildman–Crippen LogP) is 3.63. The van der Waals surface area contributed by atoms with E-state index in [4.69, 9.17) is 4.74 Å². The molecule has 0 bridgehead atoms. The number of rotatable bonds is 5. The van der Waals surface area contributed by atoms with Gasteiger partial charge in [0, 0.05) is 10.9 Å². The Hall–Kier alpha value is -2.18. The summed E-state index contributed by atoms with van der Waals surface area (Å²) in [6, 6.07) is 9.64. The van der Waals surface area contributed by atoms with Crippen molar-refractivity contribution in [3.05, 3.63) is 41.3 Å². The minimum Gasteiger partial charge on any atom is -0.465 e. The monoisotopic (exact) mass is 358 g/mol. The minimum absolute atomic E-state index is 0.0893. The van der Waals surface area contributed by atoms with E-state index in [1.807, 2.05) is 35.7 Å². The molecule has 1 N–H and O–H groups in total. The van der Waals surface area contributed by atoms with E-state index in [-0.39, 0.29) is 5.91 Å². The summed E-state index contributed by atoms with van der Waals surface area (Å²) in [5.74, 6) is -0.526. The number of ether oxygens (including phenoxy) is 1. The van der Waals surface area contributed by atoms with Crippen LogP contribution in [0, 0.1) is 0 Å². The molecule has 2 heterocycles. The Morgan fingerprint density at radius 2 is 1.88 bits per heavy atom. The van der Waals surface area contributed by atoms with Gasteiger partial charge in [0.15, 0.2) is 0 Å². The molecule has 1 amide bonds. The number of piperidine rings is 1. The van der Waals surface area contributed by atoms with Gasteiger partial charge >= 0.3 is 5.97 Å².